The summed E-state index contributed by atoms with van der Waals surface area (Å²) in [5.41, 5.74) is 6.90. The van der Waals surface area contributed by atoms with Crippen LogP contribution in [0.1, 0.15) is 10.4 Å². The summed E-state index contributed by atoms with van der Waals surface area (Å²) in [7, 11) is 0. The Hall–Kier alpha value is -2.01. The van der Waals surface area contributed by atoms with Gasteiger partial charge in [-0.15, -0.1) is 0 Å². The Morgan fingerprint density at radius 2 is 1.94 bits per heavy atom. The summed E-state index contributed by atoms with van der Waals surface area (Å²) < 4.78 is 0.775. The molecule has 0 aliphatic rings. The van der Waals surface area contributed by atoms with E-state index in [1.54, 1.807) is 6.07 Å². The molecule has 92 valence electrons. The van der Waals surface area contributed by atoms with Gasteiger partial charge in [0.25, 0.3) is 5.91 Å². The molecule has 0 unspecified atom stereocenters. The zero-order valence-corrected chi connectivity index (χ0v) is 10.9. The summed E-state index contributed by atoms with van der Waals surface area (Å²) >= 11 is 3.33. The number of phenolic OH excluding ortho intramolecular Hbond substituents is 1. The summed E-state index contributed by atoms with van der Waals surface area (Å²) in [6.45, 7) is 0. The second-order valence-electron chi connectivity index (χ2n) is 3.71. The standard InChI is InChI=1S/C13H11BrN2O2/c14-10-3-1-2-4-12(10)16-13(18)9-7-8(17)5-6-11(9)15/h1-7,17H,15H2,(H,16,18). The van der Waals surface area contributed by atoms with Crippen molar-refractivity contribution in [2.75, 3.05) is 11.1 Å². The number of hydrogen-bond donors (Lipinski definition) is 3. The van der Waals surface area contributed by atoms with Crippen molar-refractivity contribution in [3.05, 3.63) is 52.5 Å². The molecule has 5 heteroatoms. The van der Waals surface area contributed by atoms with Crippen LogP contribution in [-0.4, -0.2) is 11.0 Å². The van der Waals surface area contributed by atoms with Gasteiger partial charge in [0.05, 0.1) is 11.3 Å². The summed E-state index contributed by atoms with van der Waals surface area (Å²) in [5, 5.41) is 12.1. The Kier molecular flexibility index (Phi) is 3.53. The smallest absolute Gasteiger partial charge is 0.257 e. The minimum absolute atomic E-state index is 0.00137. The zero-order valence-electron chi connectivity index (χ0n) is 9.35. The fraction of sp³-hybridized carbons (Fsp3) is 0. The summed E-state index contributed by atoms with van der Waals surface area (Å²) in [5.74, 6) is -0.364. The number of halogens is 1. The number of phenols is 1. The van der Waals surface area contributed by atoms with Gasteiger partial charge in [0.1, 0.15) is 5.75 Å². The third kappa shape index (κ3) is 2.62. The van der Waals surface area contributed by atoms with Crippen LogP contribution in [0, 0.1) is 0 Å². The van der Waals surface area contributed by atoms with Gasteiger partial charge in [-0.25, -0.2) is 0 Å². The topological polar surface area (TPSA) is 75.3 Å². The van der Waals surface area contributed by atoms with Crippen molar-refractivity contribution in [2.24, 2.45) is 0 Å². The summed E-state index contributed by atoms with van der Waals surface area (Å²) in [4.78, 5) is 12.0. The molecule has 0 heterocycles. The average molecular weight is 307 g/mol. The molecule has 0 saturated carbocycles. The van der Waals surface area contributed by atoms with Crippen molar-refractivity contribution in [2.45, 2.75) is 0 Å². The quantitative estimate of drug-likeness (QED) is 0.590. The maximum Gasteiger partial charge on any atom is 0.257 e. The first-order valence-electron chi connectivity index (χ1n) is 5.22. The molecule has 0 aliphatic carbocycles. The van der Waals surface area contributed by atoms with E-state index in [-0.39, 0.29) is 17.2 Å². The number of amides is 1. The molecule has 0 radical (unpaired) electrons. The van der Waals surface area contributed by atoms with E-state index in [1.807, 2.05) is 18.2 Å². The second-order valence-corrected chi connectivity index (χ2v) is 4.56. The van der Waals surface area contributed by atoms with E-state index in [0.29, 0.717) is 11.4 Å². The van der Waals surface area contributed by atoms with Gasteiger partial charge in [0, 0.05) is 10.2 Å². The molecule has 18 heavy (non-hydrogen) atoms. The number of nitrogens with two attached hydrogens (primary N) is 1. The Morgan fingerprint density at radius 1 is 1.22 bits per heavy atom. The minimum Gasteiger partial charge on any atom is -0.508 e. The van der Waals surface area contributed by atoms with Crippen LogP contribution in [0.3, 0.4) is 0 Å². The molecular formula is C13H11BrN2O2. The SMILES string of the molecule is Nc1ccc(O)cc1C(=O)Nc1ccccc1Br. The molecule has 2 aromatic rings. The maximum atomic E-state index is 12.0. The van der Waals surface area contributed by atoms with Gasteiger partial charge < -0.3 is 16.2 Å². The van der Waals surface area contributed by atoms with Gasteiger partial charge in [0.2, 0.25) is 0 Å². The predicted octanol–water partition coefficient (Wildman–Crippen LogP) is 2.99. The van der Waals surface area contributed by atoms with Gasteiger partial charge >= 0.3 is 0 Å². The number of anilines is 2. The number of para-hydroxylation sites is 1. The molecular weight excluding hydrogens is 296 g/mol. The fourth-order valence-corrected chi connectivity index (χ4v) is 1.88. The summed E-state index contributed by atoms with van der Waals surface area (Å²) in [6.07, 6.45) is 0. The van der Waals surface area contributed by atoms with E-state index >= 15 is 0 Å². The fourth-order valence-electron chi connectivity index (χ4n) is 1.49. The third-order valence-corrected chi connectivity index (χ3v) is 3.10. The molecule has 0 aliphatic heterocycles. The number of nitrogens with one attached hydrogen (secondary N) is 1. The third-order valence-electron chi connectivity index (χ3n) is 2.40. The van der Waals surface area contributed by atoms with Crippen molar-refractivity contribution in [3.63, 3.8) is 0 Å². The van der Waals surface area contributed by atoms with Crippen LogP contribution in [0.4, 0.5) is 11.4 Å². The number of carbonyl (C=O) groups is 1. The van der Waals surface area contributed by atoms with Gasteiger partial charge in [-0.1, -0.05) is 12.1 Å². The molecule has 1 amide bonds. The lowest BCUT2D eigenvalue weighted by atomic mass is 10.1. The molecule has 0 aromatic heterocycles. The Bertz CT molecular complexity index is 599. The number of carbonyl (C=O) groups excluding carboxylic acids is 1. The molecule has 2 aromatic carbocycles. The molecule has 4 nitrogen and oxygen atoms in total. The Labute approximate surface area is 113 Å². The number of hydrogen-bond acceptors (Lipinski definition) is 3. The van der Waals surface area contributed by atoms with E-state index in [0.717, 1.165) is 4.47 Å². The minimum atomic E-state index is -0.365. The lowest BCUT2D eigenvalue weighted by Gasteiger charge is -2.09. The van der Waals surface area contributed by atoms with Crippen LogP contribution in [0.2, 0.25) is 0 Å². The first kappa shape index (κ1) is 12.4. The van der Waals surface area contributed by atoms with Gasteiger partial charge in [-0.2, -0.15) is 0 Å². The Morgan fingerprint density at radius 3 is 2.67 bits per heavy atom. The van der Waals surface area contributed by atoms with Crippen LogP contribution in [0.5, 0.6) is 5.75 Å². The maximum absolute atomic E-state index is 12.0. The number of benzene rings is 2. The van der Waals surface area contributed by atoms with E-state index in [1.165, 1.54) is 18.2 Å². The van der Waals surface area contributed by atoms with E-state index in [4.69, 9.17) is 5.73 Å². The van der Waals surface area contributed by atoms with Crippen LogP contribution >= 0.6 is 15.9 Å². The van der Waals surface area contributed by atoms with Crippen LogP contribution in [0.15, 0.2) is 46.9 Å². The van der Waals surface area contributed by atoms with Gasteiger partial charge in [0.15, 0.2) is 0 Å². The molecule has 4 N–H and O–H groups in total. The van der Waals surface area contributed by atoms with Crippen molar-refractivity contribution in [3.8, 4) is 5.75 Å². The lowest BCUT2D eigenvalue weighted by molar-refractivity contribution is 0.102. The lowest BCUT2D eigenvalue weighted by Crippen LogP contribution is -2.14. The van der Waals surface area contributed by atoms with E-state index < -0.39 is 0 Å². The molecule has 0 saturated heterocycles. The highest BCUT2D eigenvalue weighted by Gasteiger charge is 2.11. The van der Waals surface area contributed by atoms with E-state index in [9.17, 15) is 9.90 Å². The molecule has 0 bridgehead atoms. The monoisotopic (exact) mass is 306 g/mol. The first-order chi connectivity index (χ1) is 8.58. The molecule has 2 rings (SSSR count). The molecule has 0 atom stereocenters. The number of nitrogen functional groups attached to an aromatic ring is 1. The van der Waals surface area contributed by atoms with Crippen molar-refractivity contribution < 1.29 is 9.90 Å². The van der Waals surface area contributed by atoms with Crippen LogP contribution in [-0.2, 0) is 0 Å². The number of aromatic hydroxyl groups is 1. The Balaban J connectivity index is 2.28. The molecule has 0 spiro atoms. The van der Waals surface area contributed by atoms with Gasteiger partial charge in [-0.3, -0.25) is 4.79 Å². The van der Waals surface area contributed by atoms with Gasteiger partial charge in [-0.05, 0) is 46.3 Å². The zero-order chi connectivity index (χ0) is 13.1. The van der Waals surface area contributed by atoms with Crippen LogP contribution < -0.4 is 11.1 Å². The largest absolute Gasteiger partial charge is 0.508 e. The molecule has 0 fully saturated rings. The predicted molar refractivity (Wildman–Crippen MR) is 74.6 cm³/mol. The highest BCUT2D eigenvalue weighted by Crippen LogP contribution is 2.24. The van der Waals surface area contributed by atoms with Crippen molar-refractivity contribution in [1.29, 1.82) is 0 Å². The summed E-state index contributed by atoms with van der Waals surface area (Å²) in [6, 6.07) is 11.5. The normalized spacial score (nSPS) is 10.1. The first-order valence-corrected chi connectivity index (χ1v) is 6.01. The van der Waals surface area contributed by atoms with Crippen molar-refractivity contribution in [1.82, 2.24) is 0 Å². The number of rotatable bonds is 2. The second kappa shape index (κ2) is 5.10. The van der Waals surface area contributed by atoms with E-state index in [2.05, 4.69) is 21.2 Å². The highest BCUT2D eigenvalue weighted by atomic mass is 79.9. The van der Waals surface area contributed by atoms with Crippen LogP contribution in [0.25, 0.3) is 0 Å². The average Bonchev–Trinajstić information content (AvgIpc) is 2.35. The van der Waals surface area contributed by atoms with Crippen molar-refractivity contribution >= 4 is 33.2 Å². The highest BCUT2D eigenvalue weighted by molar-refractivity contribution is 9.10.